The van der Waals surface area contributed by atoms with E-state index < -0.39 is 17.7 Å². The summed E-state index contributed by atoms with van der Waals surface area (Å²) in [5.41, 5.74) is 1.26. The van der Waals surface area contributed by atoms with E-state index in [9.17, 15) is 14.7 Å². The van der Waals surface area contributed by atoms with Gasteiger partial charge in [0, 0.05) is 18.7 Å². The zero-order valence-corrected chi connectivity index (χ0v) is 19.2. The number of carbonyl (C=O) groups excluding carboxylic acids is 2. The number of Topliss-reactive ketones (excluding diaryl/α,β-unsaturated/α-hetero) is 1. The zero-order valence-electron chi connectivity index (χ0n) is 19.2. The van der Waals surface area contributed by atoms with Gasteiger partial charge >= 0.3 is 0 Å². The summed E-state index contributed by atoms with van der Waals surface area (Å²) < 4.78 is 10.9. The summed E-state index contributed by atoms with van der Waals surface area (Å²) >= 11 is 0. The number of rotatable bonds is 8. The van der Waals surface area contributed by atoms with E-state index in [0.717, 1.165) is 5.56 Å². The molecule has 1 atom stereocenters. The number of methoxy groups -OCH3 is 1. The van der Waals surface area contributed by atoms with Crippen LogP contribution in [0, 0.1) is 0 Å². The van der Waals surface area contributed by atoms with Crippen LogP contribution in [0.1, 0.15) is 31.0 Å². The molecule has 0 bridgehead atoms. The number of likely N-dealkylation sites (tertiary alicyclic amines) is 1. The second-order valence-electron chi connectivity index (χ2n) is 8.26. The lowest BCUT2D eigenvalue weighted by atomic mass is 9.95. The van der Waals surface area contributed by atoms with Crippen LogP contribution in [0.3, 0.4) is 0 Å². The standard InChI is InChI=1S/C25H30N2O5/c1-16(2)32-20-12-8-18(9-13-20)23(28)21-22(17-6-10-19(31-5)11-7-17)27(15-14-26(3)4)25(30)24(21)29/h6-13,16,22,28H,14-15H2,1-5H3/t22-/m1/s1. The van der Waals surface area contributed by atoms with E-state index in [1.54, 1.807) is 43.5 Å². The average molecular weight is 439 g/mol. The number of aliphatic hydroxyl groups is 1. The molecule has 3 rings (SSSR count). The molecule has 0 aromatic heterocycles. The number of carbonyl (C=O) groups is 2. The predicted octanol–water partition coefficient (Wildman–Crippen LogP) is 3.47. The van der Waals surface area contributed by atoms with Gasteiger partial charge in [-0.25, -0.2) is 0 Å². The first kappa shape index (κ1) is 23.3. The third-order valence-electron chi connectivity index (χ3n) is 5.26. The highest BCUT2D eigenvalue weighted by Gasteiger charge is 2.45. The highest BCUT2D eigenvalue weighted by molar-refractivity contribution is 6.46. The number of ketones is 1. The van der Waals surface area contributed by atoms with E-state index in [1.165, 1.54) is 4.90 Å². The van der Waals surface area contributed by atoms with Gasteiger partial charge < -0.3 is 24.4 Å². The lowest BCUT2D eigenvalue weighted by molar-refractivity contribution is -0.140. The molecule has 1 heterocycles. The minimum atomic E-state index is -0.690. The van der Waals surface area contributed by atoms with Gasteiger partial charge in [-0.3, -0.25) is 9.59 Å². The quantitative estimate of drug-likeness (QED) is 0.386. The fraction of sp³-hybridized carbons (Fsp3) is 0.360. The summed E-state index contributed by atoms with van der Waals surface area (Å²) in [6, 6.07) is 13.3. The van der Waals surface area contributed by atoms with Crippen molar-refractivity contribution in [3.63, 3.8) is 0 Å². The smallest absolute Gasteiger partial charge is 0.295 e. The van der Waals surface area contributed by atoms with E-state index in [-0.39, 0.29) is 17.4 Å². The normalized spacial score (nSPS) is 18.0. The Morgan fingerprint density at radius 2 is 1.62 bits per heavy atom. The van der Waals surface area contributed by atoms with Gasteiger partial charge in [0.15, 0.2) is 0 Å². The van der Waals surface area contributed by atoms with Crippen molar-refractivity contribution in [3.05, 3.63) is 65.2 Å². The van der Waals surface area contributed by atoms with E-state index in [2.05, 4.69) is 0 Å². The maximum atomic E-state index is 13.0. The third-order valence-corrected chi connectivity index (χ3v) is 5.26. The number of nitrogens with zero attached hydrogens (tertiary/aromatic N) is 2. The first-order chi connectivity index (χ1) is 15.2. The molecule has 32 heavy (non-hydrogen) atoms. The van der Waals surface area contributed by atoms with Gasteiger partial charge in [0.05, 0.1) is 24.8 Å². The molecule has 2 aromatic rings. The Morgan fingerprint density at radius 1 is 1.03 bits per heavy atom. The van der Waals surface area contributed by atoms with Crippen LogP contribution >= 0.6 is 0 Å². The second-order valence-corrected chi connectivity index (χ2v) is 8.26. The molecule has 7 nitrogen and oxygen atoms in total. The van der Waals surface area contributed by atoms with Crippen molar-refractivity contribution in [1.29, 1.82) is 0 Å². The summed E-state index contributed by atoms with van der Waals surface area (Å²) in [4.78, 5) is 29.4. The monoisotopic (exact) mass is 438 g/mol. The molecule has 170 valence electrons. The van der Waals surface area contributed by atoms with Gasteiger partial charge in [-0.2, -0.15) is 0 Å². The van der Waals surface area contributed by atoms with Crippen LogP contribution in [-0.4, -0.2) is 67.0 Å². The Bertz CT molecular complexity index is 994. The number of amides is 1. The Balaban J connectivity index is 2.06. The number of ether oxygens (including phenoxy) is 2. The van der Waals surface area contributed by atoms with E-state index in [4.69, 9.17) is 9.47 Å². The minimum Gasteiger partial charge on any atom is -0.507 e. The van der Waals surface area contributed by atoms with Gasteiger partial charge in [0.1, 0.15) is 17.3 Å². The van der Waals surface area contributed by atoms with Gasteiger partial charge in [-0.1, -0.05) is 12.1 Å². The van der Waals surface area contributed by atoms with E-state index >= 15 is 0 Å². The Kier molecular flexibility index (Phi) is 7.20. The molecule has 1 fully saturated rings. The number of aliphatic hydroxyl groups excluding tert-OH is 1. The number of likely N-dealkylation sites (N-methyl/N-ethyl adjacent to an activating group) is 1. The Hall–Kier alpha value is -3.32. The molecular formula is C25H30N2O5. The SMILES string of the molecule is COc1ccc([C@@H]2C(=C(O)c3ccc(OC(C)C)cc3)C(=O)C(=O)N2CCN(C)C)cc1. The zero-order chi connectivity index (χ0) is 23.4. The molecule has 1 aliphatic heterocycles. The van der Waals surface area contributed by atoms with Crippen molar-refractivity contribution in [1.82, 2.24) is 9.80 Å². The van der Waals surface area contributed by atoms with Crippen LogP contribution in [0.2, 0.25) is 0 Å². The molecule has 0 spiro atoms. The molecule has 2 aromatic carbocycles. The van der Waals surface area contributed by atoms with Gasteiger partial charge in [0.25, 0.3) is 11.7 Å². The maximum absolute atomic E-state index is 13.0. The molecule has 0 radical (unpaired) electrons. The summed E-state index contributed by atoms with van der Waals surface area (Å²) in [6.07, 6.45) is 0.0199. The second kappa shape index (κ2) is 9.87. The minimum absolute atomic E-state index is 0.0199. The summed E-state index contributed by atoms with van der Waals surface area (Å²) in [7, 11) is 5.38. The molecule has 7 heteroatoms. The highest BCUT2D eigenvalue weighted by atomic mass is 16.5. The van der Waals surface area contributed by atoms with Crippen molar-refractivity contribution in [2.24, 2.45) is 0 Å². The van der Waals surface area contributed by atoms with Crippen molar-refractivity contribution in [2.45, 2.75) is 26.0 Å². The van der Waals surface area contributed by atoms with Crippen LogP contribution in [0.25, 0.3) is 5.76 Å². The van der Waals surface area contributed by atoms with Crippen molar-refractivity contribution in [2.75, 3.05) is 34.3 Å². The van der Waals surface area contributed by atoms with E-state index in [0.29, 0.717) is 30.2 Å². The predicted molar refractivity (Wildman–Crippen MR) is 123 cm³/mol. The molecule has 1 saturated heterocycles. The van der Waals surface area contributed by atoms with Gasteiger partial charge in [0.2, 0.25) is 0 Å². The summed E-state index contributed by atoms with van der Waals surface area (Å²) in [6.45, 7) is 4.79. The van der Waals surface area contributed by atoms with Crippen molar-refractivity contribution in [3.8, 4) is 11.5 Å². The van der Waals surface area contributed by atoms with Crippen LogP contribution in [0.15, 0.2) is 54.1 Å². The highest BCUT2D eigenvalue weighted by Crippen LogP contribution is 2.39. The van der Waals surface area contributed by atoms with Crippen LogP contribution in [0.5, 0.6) is 11.5 Å². The third kappa shape index (κ3) is 4.94. The topological polar surface area (TPSA) is 79.3 Å². The molecule has 0 unspecified atom stereocenters. The number of benzene rings is 2. The number of hydrogen-bond acceptors (Lipinski definition) is 6. The molecule has 1 N–H and O–H groups in total. The molecule has 0 saturated carbocycles. The average Bonchev–Trinajstić information content (AvgIpc) is 3.02. The van der Waals surface area contributed by atoms with Gasteiger partial charge in [-0.05, 0) is 69.9 Å². The largest absolute Gasteiger partial charge is 0.507 e. The molecular weight excluding hydrogens is 408 g/mol. The maximum Gasteiger partial charge on any atom is 0.295 e. The lowest BCUT2D eigenvalue weighted by Crippen LogP contribution is -2.35. The first-order valence-electron chi connectivity index (χ1n) is 10.6. The lowest BCUT2D eigenvalue weighted by Gasteiger charge is -2.26. The van der Waals surface area contributed by atoms with Crippen molar-refractivity contribution >= 4 is 17.4 Å². The van der Waals surface area contributed by atoms with E-state index in [1.807, 2.05) is 45.0 Å². The molecule has 0 aliphatic carbocycles. The summed E-state index contributed by atoms with van der Waals surface area (Å²) in [5, 5.41) is 11.1. The van der Waals surface area contributed by atoms with Gasteiger partial charge in [-0.15, -0.1) is 0 Å². The Morgan fingerprint density at radius 3 is 2.16 bits per heavy atom. The summed E-state index contributed by atoms with van der Waals surface area (Å²) in [5.74, 6) is -0.180. The Labute approximate surface area is 188 Å². The van der Waals surface area contributed by atoms with Crippen molar-refractivity contribution < 1.29 is 24.2 Å². The first-order valence-corrected chi connectivity index (χ1v) is 10.6. The molecule has 1 aliphatic rings. The van der Waals surface area contributed by atoms with Crippen LogP contribution in [-0.2, 0) is 9.59 Å². The molecule has 1 amide bonds. The fourth-order valence-corrected chi connectivity index (χ4v) is 3.67. The number of hydrogen-bond donors (Lipinski definition) is 1. The van der Waals surface area contributed by atoms with Crippen LogP contribution < -0.4 is 9.47 Å². The fourth-order valence-electron chi connectivity index (χ4n) is 3.67. The van der Waals surface area contributed by atoms with Crippen LogP contribution in [0.4, 0.5) is 0 Å².